The van der Waals surface area contributed by atoms with E-state index in [2.05, 4.69) is 23.6 Å². The van der Waals surface area contributed by atoms with E-state index in [1.807, 2.05) is 7.05 Å². The van der Waals surface area contributed by atoms with Gasteiger partial charge in [-0.2, -0.15) is 11.8 Å². The Balaban J connectivity index is 2.23. The van der Waals surface area contributed by atoms with Crippen molar-refractivity contribution in [3.05, 3.63) is 0 Å². The molecule has 1 aliphatic rings. The zero-order valence-corrected chi connectivity index (χ0v) is 13.6. The van der Waals surface area contributed by atoms with E-state index >= 15 is 0 Å². The van der Waals surface area contributed by atoms with Gasteiger partial charge in [-0.05, 0) is 6.42 Å². The van der Waals surface area contributed by atoms with Crippen molar-refractivity contribution >= 4 is 34.9 Å². The van der Waals surface area contributed by atoms with E-state index in [1.165, 1.54) is 12.2 Å². The fraction of sp³-hybridized carbons (Fsp3) is 0.846. The van der Waals surface area contributed by atoms with Crippen LogP contribution in [0, 0.1) is 0 Å². The van der Waals surface area contributed by atoms with Gasteiger partial charge in [0.25, 0.3) is 0 Å². The maximum absolute atomic E-state index is 12.0. The lowest BCUT2D eigenvalue weighted by atomic mass is 10.2. The third-order valence-electron chi connectivity index (χ3n) is 3.44. The van der Waals surface area contributed by atoms with Gasteiger partial charge in [0, 0.05) is 57.1 Å². The molecule has 4 nitrogen and oxygen atoms in total. The molecule has 1 unspecified atom stereocenters. The van der Waals surface area contributed by atoms with Gasteiger partial charge in [0.05, 0.1) is 4.99 Å². The fourth-order valence-corrected chi connectivity index (χ4v) is 3.42. The Hall–Kier alpha value is -0.330. The van der Waals surface area contributed by atoms with Crippen molar-refractivity contribution in [2.75, 3.05) is 39.0 Å². The van der Waals surface area contributed by atoms with Crippen LogP contribution in [0.1, 0.15) is 26.2 Å². The molecule has 1 atom stereocenters. The summed E-state index contributed by atoms with van der Waals surface area (Å²) >= 11 is 6.88. The molecule has 6 heteroatoms. The van der Waals surface area contributed by atoms with E-state index in [4.69, 9.17) is 18.0 Å². The average molecular weight is 303 g/mol. The predicted molar refractivity (Wildman–Crippen MR) is 86.6 cm³/mol. The minimum atomic E-state index is 0.183. The molecule has 1 aliphatic heterocycles. The summed E-state index contributed by atoms with van der Waals surface area (Å²) in [5.41, 5.74) is 5.45. The minimum Gasteiger partial charge on any atom is -0.393 e. The number of carbonyl (C=O) groups is 1. The van der Waals surface area contributed by atoms with Crippen LogP contribution in [0.2, 0.25) is 0 Å². The van der Waals surface area contributed by atoms with Crippen molar-refractivity contribution in [2.24, 2.45) is 5.73 Å². The van der Waals surface area contributed by atoms with Crippen LogP contribution < -0.4 is 5.73 Å². The van der Waals surface area contributed by atoms with Crippen molar-refractivity contribution in [1.82, 2.24) is 9.80 Å². The number of thiocarbonyl (C=S) groups is 1. The number of hydrogen-bond acceptors (Lipinski definition) is 4. The second-order valence-electron chi connectivity index (χ2n) is 4.98. The first-order chi connectivity index (χ1) is 9.02. The van der Waals surface area contributed by atoms with E-state index in [-0.39, 0.29) is 5.91 Å². The zero-order chi connectivity index (χ0) is 14.3. The number of hydrogen-bond donors (Lipinski definition) is 1. The molecular weight excluding hydrogens is 278 g/mol. The second-order valence-corrected chi connectivity index (χ2v) is 6.92. The lowest BCUT2D eigenvalue weighted by Gasteiger charge is -2.32. The summed E-state index contributed by atoms with van der Waals surface area (Å²) in [6.45, 7) is 5.95. The molecule has 1 rings (SSSR count). The summed E-state index contributed by atoms with van der Waals surface area (Å²) in [7, 11) is 1.82. The number of nitrogens with two attached hydrogens (primary N) is 1. The average Bonchev–Trinajstić information content (AvgIpc) is 2.42. The van der Waals surface area contributed by atoms with Crippen molar-refractivity contribution in [3.63, 3.8) is 0 Å². The summed E-state index contributed by atoms with van der Waals surface area (Å²) < 4.78 is 0. The maximum Gasteiger partial charge on any atom is 0.223 e. The molecule has 0 radical (unpaired) electrons. The smallest absolute Gasteiger partial charge is 0.223 e. The second kappa shape index (κ2) is 8.76. The number of carbonyl (C=O) groups excluding carboxylic acids is 1. The molecule has 1 amide bonds. The highest BCUT2D eigenvalue weighted by Crippen LogP contribution is 2.21. The van der Waals surface area contributed by atoms with Crippen LogP contribution in [-0.2, 0) is 4.79 Å². The highest BCUT2D eigenvalue weighted by atomic mass is 32.2. The topological polar surface area (TPSA) is 49.6 Å². The fourth-order valence-electron chi connectivity index (χ4n) is 2.08. The Labute approximate surface area is 126 Å². The lowest BCUT2D eigenvalue weighted by molar-refractivity contribution is -0.130. The molecule has 1 heterocycles. The van der Waals surface area contributed by atoms with Crippen LogP contribution in [0.25, 0.3) is 0 Å². The SMILES string of the molecule is CCC1CN(CCC(=O)N(C)CCC(N)=S)CCS1. The first-order valence-electron chi connectivity index (χ1n) is 6.89. The van der Waals surface area contributed by atoms with Gasteiger partial charge >= 0.3 is 0 Å². The lowest BCUT2D eigenvalue weighted by Crippen LogP contribution is -2.40. The van der Waals surface area contributed by atoms with Gasteiger partial charge in [0.15, 0.2) is 0 Å². The van der Waals surface area contributed by atoms with E-state index in [1.54, 1.807) is 4.90 Å². The van der Waals surface area contributed by atoms with Crippen molar-refractivity contribution in [1.29, 1.82) is 0 Å². The summed E-state index contributed by atoms with van der Waals surface area (Å²) in [5.74, 6) is 1.37. The highest BCUT2D eigenvalue weighted by Gasteiger charge is 2.19. The van der Waals surface area contributed by atoms with E-state index in [9.17, 15) is 4.79 Å². The third-order valence-corrected chi connectivity index (χ3v) is 5.02. The standard InChI is InChI=1S/C13H25N3OS2/c1-3-11-10-16(8-9-19-11)7-5-13(17)15(2)6-4-12(14)18/h11H,3-10H2,1-2H3,(H2,14,18). The Bertz CT molecular complexity index is 312. The Morgan fingerprint density at radius 2 is 2.26 bits per heavy atom. The molecule has 2 N–H and O–H groups in total. The number of rotatable bonds is 7. The highest BCUT2D eigenvalue weighted by molar-refractivity contribution is 8.00. The molecular formula is C13H25N3OS2. The summed E-state index contributed by atoms with van der Waals surface area (Å²) in [5, 5.41) is 0.733. The van der Waals surface area contributed by atoms with Gasteiger partial charge in [-0.15, -0.1) is 0 Å². The van der Waals surface area contributed by atoms with Crippen molar-refractivity contribution in [3.8, 4) is 0 Å². The Kier molecular flexibility index (Phi) is 7.71. The molecule has 0 saturated carbocycles. The Morgan fingerprint density at radius 3 is 2.89 bits per heavy atom. The van der Waals surface area contributed by atoms with Crippen LogP contribution >= 0.6 is 24.0 Å². The molecule has 0 aromatic carbocycles. The number of nitrogens with zero attached hydrogens (tertiary/aromatic N) is 2. The number of thioether (sulfide) groups is 1. The van der Waals surface area contributed by atoms with Gasteiger partial charge in [0.2, 0.25) is 5.91 Å². The first-order valence-corrected chi connectivity index (χ1v) is 8.34. The summed E-state index contributed by atoms with van der Waals surface area (Å²) in [4.78, 5) is 16.6. The molecule has 110 valence electrons. The normalized spacial score (nSPS) is 20.2. The van der Waals surface area contributed by atoms with E-state index in [0.717, 1.165) is 24.9 Å². The molecule has 0 bridgehead atoms. The predicted octanol–water partition coefficient (Wildman–Crippen LogP) is 1.34. The molecule has 0 aliphatic carbocycles. The van der Waals surface area contributed by atoms with Gasteiger partial charge in [-0.25, -0.2) is 0 Å². The molecule has 0 aromatic heterocycles. The van der Waals surface area contributed by atoms with Crippen LogP contribution in [-0.4, -0.2) is 64.9 Å². The van der Waals surface area contributed by atoms with Gasteiger partial charge in [0.1, 0.15) is 0 Å². The van der Waals surface area contributed by atoms with Gasteiger partial charge in [-0.1, -0.05) is 19.1 Å². The maximum atomic E-state index is 12.0. The summed E-state index contributed by atoms with van der Waals surface area (Å²) in [6.07, 6.45) is 2.41. The van der Waals surface area contributed by atoms with Gasteiger partial charge in [-0.3, -0.25) is 4.79 Å². The van der Waals surface area contributed by atoms with Gasteiger partial charge < -0.3 is 15.5 Å². The third kappa shape index (κ3) is 6.58. The van der Waals surface area contributed by atoms with Crippen molar-refractivity contribution in [2.45, 2.75) is 31.4 Å². The zero-order valence-electron chi connectivity index (χ0n) is 11.9. The molecule has 19 heavy (non-hydrogen) atoms. The summed E-state index contributed by atoms with van der Waals surface area (Å²) in [6, 6.07) is 0. The Morgan fingerprint density at radius 1 is 1.53 bits per heavy atom. The van der Waals surface area contributed by atoms with Crippen LogP contribution in [0.5, 0.6) is 0 Å². The van der Waals surface area contributed by atoms with Crippen LogP contribution in [0.15, 0.2) is 0 Å². The van der Waals surface area contributed by atoms with Crippen molar-refractivity contribution < 1.29 is 4.79 Å². The minimum absolute atomic E-state index is 0.183. The largest absolute Gasteiger partial charge is 0.393 e. The van der Waals surface area contributed by atoms with E-state index in [0.29, 0.717) is 24.4 Å². The van der Waals surface area contributed by atoms with Crippen LogP contribution in [0.3, 0.4) is 0 Å². The molecule has 1 fully saturated rings. The van der Waals surface area contributed by atoms with Crippen LogP contribution in [0.4, 0.5) is 0 Å². The monoisotopic (exact) mass is 303 g/mol. The quantitative estimate of drug-likeness (QED) is 0.719. The number of amides is 1. The first kappa shape index (κ1) is 16.7. The molecule has 1 saturated heterocycles. The van der Waals surface area contributed by atoms with E-state index < -0.39 is 0 Å². The molecule has 0 spiro atoms. The molecule has 0 aromatic rings.